The molecule has 8 heteroatoms. The van der Waals surface area contributed by atoms with Gasteiger partial charge in [0.15, 0.2) is 5.11 Å². The maximum Gasteiger partial charge on any atom is 0.313 e. The SMILES string of the molecule is COC(=O)C1CNNC1NC(=S)Nc1ccc(C)cc1Cl. The Hall–Kier alpha value is -1.41. The second kappa shape index (κ2) is 7.04. The molecule has 1 aromatic rings. The molecule has 6 nitrogen and oxygen atoms in total. The predicted octanol–water partition coefficient (Wildman–Crippen LogP) is 1.16. The van der Waals surface area contributed by atoms with E-state index in [9.17, 15) is 4.79 Å². The Morgan fingerprint density at radius 1 is 1.52 bits per heavy atom. The fourth-order valence-electron chi connectivity index (χ4n) is 2.03. The van der Waals surface area contributed by atoms with Gasteiger partial charge in [-0.05, 0) is 36.8 Å². The van der Waals surface area contributed by atoms with Gasteiger partial charge in [-0.15, -0.1) is 0 Å². The van der Waals surface area contributed by atoms with Gasteiger partial charge >= 0.3 is 5.97 Å². The first kappa shape index (κ1) is 16.0. The smallest absolute Gasteiger partial charge is 0.313 e. The number of rotatable bonds is 3. The Bertz CT molecular complexity index is 555. The van der Waals surface area contributed by atoms with E-state index in [2.05, 4.69) is 21.5 Å². The summed E-state index contributed by atoms with van der Waals surface area (Å²) < 4.78 is 4.75. The molecule has 0 aliphatic carbocycles. The van der Waals surface area contributed by atoms with Crippen molar-refractivity contribution in [2.24, 2.45) is 5.92 Å². The van der Waals surface area contributed by atoms with Crippen LogP contribution < -0.4 is 21.5 Å². The molecule has 0 spiro atoms. The highest BCUT2D eigenvalue weighted by Gasteiger charge is 2.34. The van der Waals surface area contributed by atoms with Crippen LogP contribution in [0, 0.1) is 12.8 Å². The van der Waals surface area contributed by atoms with Gasteiger partial charge in [0.05, 0.1) is 17.8 Å². The summed E-state index contributed by atoms with van der Waals surface area (Å²) in [5, 5.41) is 6.99. The van der Waals surface area contributed by atoms with Crippen LogP contribution in [0.3, 0.4) is 0 Å². The zero-order valence-corrected chi connectivity index (χ0v) is 13.3. The number of hydrogen-bond donors (Lipinski definition) is 4. The molecular formula is C13H17ClN4O2S. The summed E-state index contributed by atoms with van der Waals surface area (Å²) >= 11 is 11.4. The Balaban J connectivity index is 1.96. The first-order valence-electron chi connectivity index (χ1n) is 6.41. The normalized spacial score (nSPS) is 20.9. The topological polar surface area (TPSA) is 74.4 Å². The molecular weight excluding hydrogens is 312 g/mol. The zero-order chi connectivity index (χ0) is 15.4. The van der Waals surface area contributed by atoms with E-state index in [0.717, 1.165) is 5.56 Å². The number of halogens is 1. The fourth-order valence-corrected chi connectivity index (χ4v) is 2.55. The van der Waals surface area contributed by atoms with Crippen LogP contribution in [0.15, 0.2) is 18.2 Å². The van der Waals surface area contributed by atoms with Gasteiger partial charge in [-0.1, -0.05) is 17.7 Å². The summed E-state index contributed by atoms with van der Waals surface area (Å²) in [7, 11) is 1.36. The summed E-state index contributed by atoms with van der Waals surface area (Å²) in [5.74, 6) is -0.663. The molecule has 0 radical (unpaired) electrons. The van der Waals surface area contributed by atoms with Crippen molar-refractivity contribution in [3.8, 4) is 0 Å². The number of carbonyl (C=O) groups excluding carboxylic acids is 1. The fraction of sp³-hybridized carbons (Fsp3) is 0.385. The van der Waals surface area contributed by atoms with Crippen LogP contribution in [0.25, 0.3) is 0 Å². The van der Waals surface area contributed by atoms with E-state index in [1.807, 2.05) is 25.1 Å². The number of methoxy groups -OCH3 is 1. The molecule has 1 aliphatic rings. The number of aryl methyl sites for hydroxylation is 1. The number of hydrazine groups is 1. The van der Waals surface area contributed by atoms with Crippen LogP contribution in [0.4, 0.5) is 5.69 Å². The summed E-state index contributed by atoms with van der Waals surface area (Å²) in [6.45, 7) is 2.43. The van der Waals surface area contributed by atoms with Crippen molar-refractivity contribution >= 4 is 40.6 Å². The van der Waals surface area contributed by atoms with Crippen molar-refractivity contribution in [2.45, 2.75) is 13.1 Å². The third-order valence-corrected chi connectivity index (χ3v) is 3.68. The number of carbonyl (C=O) groups is 1. The van der Waals surface area contributed by atoms with Crippen LogP contribution in [0.2, 0.25) is 5.02 Å². The van der Waals surface area contributed by atoms with Crippen LogP contribution in [-0.2, 0) is 9.53 Å². The van der Waals surface area contributed by atoms with Gasteiger partial charge in [0.1, 0.15) is 12.1 Å². The molecule has 1 aliphatic heterocycles. The van der Waals surface area contributed by atoms with Crippen LogP contribution in [-0.4, -0.2) is 30.9 Å². The Morgan fingerprint density at radius 2 is 2.29 bits per heavy atom. The minimum Gasteiger partial charge on any atom is -0.469 e. The summed E-state index contributed by atoms with van der Waals surface area (Å²) in [4.78, 5) is 11.6. The molecule has 1 aromatic carbocycles. The maximum absolute atomic E-state index is 11.6. The van der Waals surface area contributed by atoms with Crippen LogP contribution in [0.1, 0.15) is 5.56 Å². The highest BCUT2D eigenvalue weighted by Crippen LogP contribution is 2.22. The van der Waals surface area contributed by atoms with Crippen molar-refractivity contribution < 1.29 is 9.53 Å². The zero-order valence-electron chi connectivity index (χ0n) is 11.7. The number of anilines is 1. The first-order valence-corrected chi connectivity index (χ1v) is 7.20. The standard InChI is InChI=1S/C13H17ClN4O2S/c1-7-3-4-10(9(14)5-7)16-13(21)17-11-8(6-15-18-11)12(19)20-2/h3-5,8,11,15,18H,6H2,1-2H3,(H2,16,17,21). The number of benzene rings is 1. The molecule has 2 rings (SSSR count). The number of nitrogens with one attached hydrogen (secondary N) is 4. The Labute approximate surface area is 133 Å². The number of thiocarbonyl (C=S) groups is 1. The molecule has 2 atom stereocenters. The highest BCUT2D eigenvalue weighted by atomic mass is 35.5. The lowest BCUT2D eigenvalue weighted by molar-refractivity contribution is -0.145. The van der Waals surface area contributed by atoms with E-state index >= 15 is 0 Å². The van der Waals surface area contributed by atoms with Crippen LogP contribution in [0.5, 0.6) is 0 Å². The monoisotopic (exact) mass is 328 g/mol. The van der Waals surface area contributed by atoms with Gasteiger partial charge in [0.2, 0.25) is 0 Å². The molecule has 1 fully saturated rings. The summed E-state index contributed by atoms with van der Waals surface area (Å²) in [6, 6.07) is 5.63. The average molecular weight is 329 g/mol. The van der Waals surface area contributed by atoms with Gasteiger partial charge in [0, 0.05) is 6.54 Å². The van der Waals surface area contributed by atoms with Crippen LogP contribution >= 0.6 is 23.8 Å². The minimum absolute atomic E-state index is 0.304. The lowest BCUT2D eigenvalue weighted by Crippen LogP contribution is -2.50. The number of ether oxygens (including phenoxy) is 1. The molecule has 1 heterocycles. The first-order chi connectivity index (χ1) is 10.0. The summed E-state index contributed by atoms with van der Waals surface area (Å²) in [5.41, 5.74) is 7.61. The largest absolute Gasteiger partial charge is 0.469 e. The van der Waals surface area contributed by atoms with E-state index < -0.39 is 0 Å². The summed E-state index contributed by atoms with van der Waals surface area (Å²) in [6.07, 6.45) is -0.346. The molecule has 21 heavy (non-hydrogen) atoms. The molecule has 2 unspecified atom stereocenters. The molecule has 0 bridgehead atoms. The number of hydrogen-bond acceptors (Lipinski definition) is 5. The van der Waals surface area contributed by atoms with Crippen molar-refractivity contribution in [1.29, 1.82) is 0 Å². The van der Waals surface area contributed by atoms with Gasteiger partial charge in [-0.25, -0.2) is 5.43 Å². The quantitative estimate of drug-likeness (QED) is 0.490. The molecule has 4 N–H and O–H groups in total. The van der Waals surface area contributed by atoms with E-state index in [4.69, 9.17) is 28.6 Å². The molecule has 0 saturated carbocycles. The maximum atomic E-state index is 11.6. The highest BCUT2D eigenvalue weighted by molar-refractivity contribution is 7.80. The van der Waals surface area contributed by atoms with Gasteiger partial charge in [0.25, 0.3) is 0 Å². The molecule has 1 saturated heterocycles. The van der Waals surface area contributed by atoms with Crippen molar-refractivity contribution in [2.75, 3.05) is 19.0 Å². The Kier molecular flexibility index (Phi) is 5.35. The van der Waals surface area contributed by atoms with E-state index in [-0.39, 0.29) is 18.1 Å². The minimum atomic E-state index is -0.358. The second-order valence-corrected chi connectivity index (χ2v) is 5.53. The second-order valence-electron chi connectivity index (χ2n) is 4.71. The average Bonchev–Trinajstić information content (AvgIpc) is 2.89. The van der Waals surface area contributed by atoms with E-state index in [1.165, 1.54) is 7.11 Å². The van der Waals surface area contributed by atoms with Gasteiger partial charge in [-0.2, -0.15) is 0 Å². The lowest BCUT2D eigenvalue weighted by atomic mass is 10.1. The van der Waals surface area contributed by atoms with Gasteiger partial charge in [-0.3, -0.25) is 10.2 Å². The molecule has 0 amide bonds. The lowest BCUT2D eigenvalue weighted by Gasteiger charge is -2.20. The molecule has 0 aromatic heterocycles. The van der Waals surface area contributed by atoms with Crippen molar-refractivity contribution in [1.82, 2.24) is 16.2 Å². The van der Waals surface area contributed by atoms with Crippen molar-refractivity contribution in [3.05, 3.63) is 28.8 Å². The molecule has 114 valence electrons. The van der Waals surface area contributed by atoms with Crippen molar-refractivity contribution in [3.63, 3.8) is 0 Å². The number of esters is 1. The third kappa shape index (κ3) is 4.04. The van der Waals surface area contributed by atoms with Gasteiger partial charge < -0.3 is 15.4 Å². The third-order valence-electron chi connectivity index (χ3n) is 3.15. The Morgan fingerprint density at radius 3 is 2.95 bits per heavy atom. The van der Waals surface area contributed by atoms with E-state index in [1.54, 1.807) is 0 Å². The van der Waals surface area contributed by atoms with E-state index in [0.29, 0.717) is 22.4 Å². The predicted molar refractivity (Wildman–Crippen MR) is 86.0 cm³/mol.